The molecule has 0 aromatic carbocycles. The Bertz CT molecular complexity index is 334. The van der Waals surface area contributed by atoms with Crippen LogP contribution < -0.4 is 4.74 Å². The topological polar surface area (TPSA) is 22.1 Å². The summed E-state index contributed by atoms with van der Waals surface area (Å²) in [4.78, 5) is 4.17. The van der Waals surface area contributed by atoms with E-state index < -0.39 is 0 Å². The van der Waals surface area contributed by atoms with Crippen molar-refractivity contribution in [3.8, 4) is 5.75 Å². The van der Waals surface area contributed by atoms with Gasteiger partial charge in [0.15, 0.2) is 5.75 Å². The van der Waals surface area contributed by atoms with Crippen LogP contribution in [0.1, 0.15) is 39.0 Å². The number of aromatic nitrogens is 1. The van der Waals surface area contributed by atoms with Gasteiger partial charge in [-0.25, -0.2) is 4.98 Å². The Morgan fingerprint density at radius 1 is 1.38 bits per heavy atom. The van der Waals surface area contributed by atoms with Crippen LogP contribution in [-0.4, -0.2) is 11.1 Å². The van der Waals surface area contributed by atoms with Crippen LogP contribution in [0.25, 0.3) is 0 Å². The lowest BCUT2D eigenvalue weighted by Gasteiger charge is -2.28. The zero-order valence-electron chi connectivity index (χ0n) is 9.66. The first kappa shape index (κ1) is 11.9. The number of pyridine rings is 1. The highest BCUT2D eigenvalue weighted by Crippen LogP contribution is 2.31. The van der Waals surface area contributed by atoms with Crippen molar-refractivity contribution in [1.82, 2.24) is 4.98 Å². The Kier molecular flexibility index (Phi) is 4.22. The van der Waals surface area contributed by atoms with Crippen LogP contribution >= 0.6 is 15.9 Å². The molecule has 0 bridgehead atoms. The average Bonchev–Trinajstić information content (AvgIpc) is 2.33. The second kappa shape index (κ2) is 5.67. The van der Waals surface area contributed by atoms with Crippen LogP contribution in [0, 0.1) is 5.92 Å². The Balaban J connectivity index is 1.89. The minimum atomic E-state index is 0.378. The lowest BCUT2D eigenvalue weighted by Crippen LogP contribution is -2.24. The van der Waals surface area contributed by atoms with Gasteiger partial charge in [0.25, 0.3) is 0 Å². The van der Waals surface area contributed by atoms with Crippen LogP contribution in [0.2, 0.25) is 0 Å². The molecule has 1 aliphatic carbocycles. The first-order valence-corrected chi connectivity index (χ1v) is 6.86. The first-order valence-electron chi connectivity index (χ1n) is 6.06. The molecule has 1 aromatic rings. The third-order valence-electron chi connectivity index (χ3n) is 3.39. The van der Waals surface area contributed by atoms with Crippen LogP contribution in [-0.2, 0) is 0 Å². The molecule has 16 heavy (non-hydrogen) atoms. The molecule has 88 valence electrons. The van der Waals surface area contributed by atoms with Crippen LogP contribution in [0.5, 0.6) is 5.75 Å². The van der Waals surface area contributed by atoms with Crippen molar-refractivity contribution in [1.29, 1.82) is 0 Å². The zero-order valence-corrected chi connectivity index (χ0v) is 11.2. The SMILES string of the molecule is CCC1CCC(Oc2cccnc2Br)CC1. The molecule has 1 heterocycles. The van der Waals surface area contributed by atoms with Gasteiger partial charge in [0.05, 0.1) is 6.10 Å². The quantitative estimate of drug-likeness (QED) is 0.776. The van der Waals surface area contributed by atoms with E-state index in [1.54, 1.807) is 6.20 Å². The smallest absolute Gasteiger partial charge is 0.152 e. The standard InChI is InChI=1S/C13H18BrNO/c1-2-10-5-7-11(8-6-10)16-12-4-3-9-15-13(12)14/h3-4,9-11H,2,5-8H2,1H3. The van der Waals surface area contributed by atoms with E-state index in [1.165, 1.54) is 32.1 Å². The van der Waals surface area contributed by atoms with E-state index in [0.29, 0.717) is 6.10 Å². The van der Waals surface area contributed by atoms with E-state index in [4.69, 9.17) is 4.74 Å². The van der Waals surface area contributed by atoms with Gasteiger partial charge in [-0.3, -0.25) is 0 Å². The summed E-state index contributed by atoms with van der Waals surface area (Å²) >= 11 is 3.41. The number of rotatable bonds is 3. The third kappa shape index (κ3) is 2.97. The summed E-state index contributed by atoms with van der Waals surface area (Å²) < 4.78 is 6.78. The molecule has 1 aromatic heterocycles. The van der Waals surface area contributed by atoms with E-state index in [1.807, 2.05) is 12.1 Å². The van der Waals surface area contributed by atoms with Gasteiger partial charge in [-0.2, -0.15) is 0 Å². The van der Waals surface area contributed by atoms with E-state index >= 15 is 0 Å². The molecular weight excluding hydrogens is 266 g/mol. The Hall–Kier alpha value is -0.570. The predicted octanol–water partition coefficient (Wildman–Crippen LogP) is 4.19. The summed E-state index contributed by atoms with van der Waals surface area (Å²) in [6.07, 6.45) is 8.43. The van der Waals surface area contributed by atoms with Gasteiger partial charge < -0.3 is 4.74 Å². The number of hydrogen-bond acceptors (Lipinski definition) is 2. The molecule has 1 fully saturated rings. The van der Waals surface area contributed by atoms with Gasteiger partial charge in [0.1, 0.15) is 4.60 Å². The summed E-state index contributed by atoms with van der Waals surface area (Å²) in [6, 6.07) is 3.89. The normalized spacial score (nSPS) is 25.4. The molecule has 1 aliphatic rings. The van der Waals surface area contributed by atoms with Crippen molar-refractivity contribution in [2.75, 3.05) is 0 Å². The van der Waals surface area contributed by atoms with Crippen molar-refractivity contribution >= 4 is 15.9 Å². The zero-order chi connectivity index (χ0) is 11.4. The third-order valence-corrected chi connectivity index (χ3v) is 3.99. The first-order chi connectivity index (χ1) is 7.79. The number of ether oxygens (including phenoxy) is 1. The highest BCUT2D eigenvalue weighted by molar-refractivity contribution is 9.10. The fraction of sp³-hybridized carbons (Fsp3) is 0.615. The molecule has 0 atom stereocenters. The maximum Gasteiger partial charge on any atom is 0.152 e. The highest BCUT2D eigenvalue weighted by atomic mass is 79.9. The fourth-order valence-electron chi connectivity index (χ4n) is 2.30. The van der Waals surface area contributed by atoms with Crippen LogP contribution in [0.15, 0.2) is 22.9 Å². The van der Waals surface area contributed by atoms with Crippen molar-refractivity contribution in [2.45, 2.75) is 45.1 Å². The lowest BCUT2D eigenvalue weighted by atomic mass is 9.86. The van der Waals surface area contributed by atoms with Gasteiger partial charge in [-0.05, 0) is 59.7 Å². The van der Waals surface area contributed by atoms with Gasteiger partial charge >= 0.3 is 0 Å². The molecule has 0 radical (unpaired) electrons. The highest BCUT2D eigenvalue weighted by Gasteiger charge is 2.21. The Labute approximate surface area is 106 Å². The van der Waals surface area contributed by atoms with Crippen LogP contribution in [0.3, 0.4) is 0 Å². The van der Waals surface area contributed by atoms with Gasteiger partial charge in [0, 0.05) is 6.20 Å². The number of hydrogen-bond donors (Lipinski definition) is 0. The number of nitrogens with zero attached hydrogens (tertiary/aromatic N) is 1. The number of halogens is 1. The van der Waals surface area contributed by atoms with Crippen molar-refractivity contribution < 1.29 is 4.74 Å². The molecule has 2 nitrogen and oxygen atoms in total. The van der Waals surface area contributed by atoms with E-state index in [0.717, 1.165) is 16.3 Å². The Morgan fingerprint density at radius 3 is 2.75 bits per heavy atom. The van der Waals surface area contributed by atoms with E-state index in [-0.39, 0.29) is 0 Å². The predicted molar refractivity (Wildman–Crippen MR) is 68.6 cm³/mol. The molecule has 0 aliphatic heterocycles. The van der Waals surface area contributed by atoms with Crippen molar-refractivity contribution in [3.63, 3.8) is 0 Å². The van der Waals surface area contributed by atoms with Crippen molar-refractivity contribution in [2.24, 2.45) is 5.92 Å². The molecule has 0 N–H and O–H groups in total. The second-order valence-electron chi connectivity index (χ2n) is 4.46. The second-order valence-corrected chi connectivity index (χ2v) is 5.21. The van der Waals surface area contributed by atoms with Gasteiger partial charge in [0.2, 0.25) is 0 Å². The largest absolute Gasteiger partial charge is 0.488 e. The maximum absolute atomic E-state index is 5.97. The molecule has 0 amide bonds. The average molecular weight is 284 g/mol. The summed E-state index contributed by atoms with van der Waals surface area (Å²) in [6.45, 7) is 2.28. The molecule has 2 rings (SSSR count). The molecular formula is C13H18BrNO. The summed E-state index contributed by atoms with van der Waals surface area (Å²) in [7, 11) is 0. The summed E-state index contributed by atoms with van der Waals surface area (Å²) in [5, 5.41) is 0. The minimum absolute atomic E-state index is 0.378. The molecule has 1 saturated carbocycles. The fourth-order valence-corrected chi connectivity index (χ4v) is 2.64. The summed E-state index contributed by atoms with van der Waals surface area (Å²) in [5.74, 6) is 1.79. The minimum Gasteiger partial charge on any atom is -0.488 e. The molecule has 0 unspecified atom stereocenters. The molecule has 0 saturated heterocycles. The van der Waals surface area contributed by atoms with E-state index in [9.17, 15) is 0 Å². The maximum atomic E-state index is 5.97. The Morgan fingerprint density at radius 2 is 2.12 bits per heavy atom. The molecule has 3 heteroatoms. The van der Waals surface area contributed by atoms with E-state index in [2.05, 4.69) is 27.8 Å². The lowest BCUT2D eigenvalue weighted by molar-refractivity contribution is 0.128. The monoisotopic (exact) mass is 283 g/mol. The molecule has 0 spiro atoms. The van der Waals surface area contributed by atoms with Gasteiger partial charge in [-0.15, -0.1) is 0 Å². The van der Waals surface area contributed by atoms with Gasteiger partial charge in [-0.1, -0.05) is 13.3 Å². The summed E-state index contributed by atoms with van der Waals surface area (Å²) in [5.41, 5.74) is 0. The van der Waals surface area contributed by atoms with Crippen molar-refractivity contribution in [3.05, 3.63) is 22.9 Å². The van der Waals surface area contributed by atoms with Crippen LogP contribution in [0.4, 0.5) is 0 Å².